The number of piperazine rings is 1. The summed E-state index contributed by atoms with van der Waals surface area (Å²) in [6.07, 6.45) is 11.3. The molecule has 0 aromatic carbocycles. The third kappa shape index (κ3) is 2.87. The van der Waals surface area contributed by atoms with Gasteiger partial charge in [0.2, 0.25) is 0 Å². The Labute approximate surface area is 167 Å². The summed E-state index contributed by atoms with van der Waals surface area (Å²) in [5.74, 6) is 3.58. The van der Waals surface area contributed by atoms with Gasteiger partial charge in [0.1, 0.15) is 0 Å². The van der Waals surface area contributed by atoms with Gasteiger partial charge in [-0.2, -0.15) is 5.10 Å². The number of aromatic nitrogens is 2. The van der Waals surface area contributed by atoms with Crippen molar-refractivity contribution in [1.82, 2.24) is 20.4 Å². The standard InChI is InChI=1S/C22H31N5O/c28-21(23-22-12-15-8-16(13-22)10-17(9-15)14-22)27-6-4-26(5-7-27)20-11-18-2-1-3-19(18)24-25-20/h11,15-17H,1-10,12-14H2,(H,23,28). The van der Waals surface area contributed by atoms with Crippen molar-refractivity contribution in [3.8, 4) is 0 Å². The molecule has 0 radical (unpaired) electrons. The second-order valence-electron chi connectivity index (χ2n) is 10.1. The highest BCUT2D eigenvalue weighted by molar-refractivity contribution is 5.75. The number of hydrogen-bond acceptors (Lipinski definition) is 4. The summed E-state index contributed by atoms with van der Waals surface area (Å²) < 4.78 is 0. The Hall–Kier alpha value is -1.85. The number of amides is 2. The maximum Gasteiger partial charge on any atom is 0.317 e. The highest BCUT2D eigenvalue weighted by Crippen LogP contribution is 2.55. The van der Waals surface area contributed by atoms with Crippen molar-refractivity contribution >= 4 is 11.8 Å². The molecule has 1 aromatic rings. The quantitative estimate of drug-likeness (QED) is 0.856. The number of urea groups is 1. The minimum atomic E-state index is 0.106. The molecule has 7 rings (SSSR count). The first-order valence-electron chi connectivity index (χ1n) is 11.3. The summed E-state index contributed by atoms with van der Waals surface area (Å²) in [4.78, 5) is 17.4. The van der Waals surface area contributed by atoms with Gasteiger partial charge in [-0.3, -0.25) is 0 Å². The Kier molecular flexibility index (Phi) is 3.85. The van der Waals surface area contributed by atoms with Gasteiger partial charge in [-0.05, 0) is 87.2 Å². The molecule has 1 aromatic heterocycles. The molecule has 1 saturated heterocycles. The van der Waals surface area contributed by atoms with Gasteiger partial charge in [0.25, 0.3) is 0 Å². The minimum Gasteiger partial charge on any atom is -0.352 e. The van der Waals surface area contributed by atoms with Crippen LogP contribution in [0.2, 0.25) is 0 Å². The highest BCUT2D eigenvalue weighted by Gasteiger charge is 2.51. The number of fused-ring (bicyclic) bond motifs is 1. The summed E-state index contributed by atoms with van der Waals surface area (Å²) in [5, 5.41) is 12.4. The van der Waals surface area contributed by atoms with Crippen molar-refractivity contribution in [2.45, 2.75) is 63.3 Å². The molecule has 6 nitrogen and oxygen atoms in total. The summed E-state index contributed by atoms with van der Waals surface area (Å²) in [7, 11) is 0. The first-order chi connectivity index (χ1) is 13.7. The second-order valence-corrected chi connectivity index (χ2v) is 10.1. The third-order valence-electron chi connectivity index (χ3n) is 8.11. The molecule has 6 heteroatoms. The smallest absolute Gasteiger partial charge is 0.317 e. The molecule has 2 heterocycles. The van der Waals surface area contributed by atoms with Crippen LogP contribution in [0.15, 0.2) is 6.07 Å². The lowest BCUT2D eigenvalue weighted by Gasteiger charge is -2.57. The molecule has 2 amide bonds. The molecule has 28 heavy (non-hydrogen) atoms. The van der Waals surface area contributed by atoms with Crippen LogP contribution in [0.4, 0.5) is 10.6 Å². The van der Waals surface area contributed by atoms with Crippen molar-refractivity contribution in [2.75, 3.05) is 31.1 Å². The van der Waals surface area contributed by atoms with Gasteiger partial charge >= 0.3 is 6.03 Å². The fourth-order valence-electron chi connectivity index (χ4n) is 7.18. The molecule has 1 aliphatic heterocycles. The Bertz CT molecular complexity index is 750. The number of carbonyl (C=O) groups excluding carboxylic acids is 1. The Morgan fingerprint density at radius 1 is 0.964 bits per heavy atom. The molecule has 0 unspecified atom stereocenters. The van der Waals surface area contributed by atoms with Crippen LogP contribution in [0.25, 0.3) is 0 Å². The summed E-state index contributed by atoms with van der Waals surface area (Å²) in [5.41, 5.74) is 2.65. The number of nitrogens with one attached hydrogen (secondary N) is 1. The molecule has 5 aliphatic carbocycles. The van der Waals surface area contributed by atoms with E-state index in [0.717, 1.165) is 62.6 Å². The monoisotopic (exact) mass is 381 g/mol. The predicted octanol–water partition coefficient (Wildman–Crippen LogP) is 2.77. The van der Waals surface area contributed by atoms with Gasteiger partial charge < -0.3 is 15.1 Å². The number of rotatable bonds is 2. The van der Waals surface area contributed by atoms with E-state index in [4.69, 9.17) is 0 Å². The maximum absolute atomic E-state index is 13.0. The molecule has 4 bridgehead atoms. The van der Waals surface area contributed by atoms with Gasteiger partial charge in [0, 0.05) is 31.7 Å². The first-order valence-corrected chi connectivity index (χ1v) is 11.3. The summed E-state index contributed by atoms with van der Waals surface area (Å²) in [6, 6.07) is 2.39. The van der Waals surface area contributed by atoms with Crippen LogP contribution in [0.1, 0.15) is 56.2 Å². The predicted molar refractivity (Wildman–Crippen MR) is 107 cm³/mol. The van der Waals surface area contributed by atoms with Crippen LogP contribution >= 0.6 is 0 Å². The number of aryl methyl sites for hydroxylation is 2. The lowest BCUT2D eigenvalue weighted by molar-refractivity contribution is -0.0157. The zero-order chi connectivity index (χ0) is 18.7. The fourth-order valence-corrected chi connectivity index (χ4v) is 7.18. The summed E-state index contributed by atoms with van der Waals surface area (Å²) in [6.45, 7) is 3.25. The van der Waals surface area contributed by atoms with Crippen LogP contribution in [0.3, 0.4) is 0 Å². The van der Waals surface area contributed by atoms with Crippen molar-refractivity contribution in [3.63, 3.8) is 0 Å². The van der Waals surface area contributed by atoms with E-state index in [2.05, 4.69) is 26.5 Å². The second kappa shape index (κ2) is 6.33. The van der Waals surface area contributed by atoms with E-state index in [0.29, 0.717) is 0 Å². The van der Waals surface area contributed by atoms with E-state index in [1.54, 1.807) is 0 Å². The Morgan fingerprint density at radius 3 is 2.32 bits per heavy atom. The van der Waals surface area contributed by atoms with Gasteiger partial charge in [-0.25, -0.2) is 4.79 Å². The topological polar surface area (TPSA) is 61.4 Å². The Balaban J connectivity index is 1.08. The number of anilines is 1. The van der Waals surface area contributed by atoms with Crippen molar-refractivity contribution in [1.29, 1.82) is 0 Å². The number of nitrogens with zero attached hydrogens (tertiary/aromatic N) is 4. The highest BCUT2D eigenvalue weighted by atomic mass is 16.2. The van der Waals surface area contributed by atoms with Crippen LogP contribution in [0.5, 0.6) is 0 Å². The van der Waals surface area contributed by atoms with Crippen molar-refractivity contribution in [3.05, 3.63) is 17.3 Å². The lowest BCUT2D eigenvalue weighted by atomic mass is 9.53. The van der Waals surface area contributed by atoms with Crippen molar-refractivity contribution in [2.24, 2.45) is 17.8 Å². The van der Waals surface area contributed by atoms with Crippen LogP contribution in [0, 0.1) is 17.8 Å². The van der Waals surface area contributed by atoms with E-state index in [1.807, 2.05) is 4.90 Å². The molecular weight excluding hydrogens is 350 g/mol. The van der Waals surface area contributed by atoms with Gasteiger partial charge in [-0.15, -0.1) is 5.10 Å². The van der Waals surface area contributed by atoms with Crippen LogP contribution in [-0.4, -0.2) is 52.8 Å². The molecular formula is C22H31N5O. The minimum absolute atomic E-state index is 0.106. The van der Waals surface area contributed by atoms with Crippen LogP contribution < -0.4 is 10.2 Å². The summed E-state index contributed by atoms with van der Waals surface area (Å²) >= 11 is 0. The zero-order valence-corrected chi connectivity index (χ0v) is 16.7. The van der Waals surface area contributed by atoms with Gasteiger partial charge in [0.15, 0.2) is 5.82 Å². The van der Waals surface area contributed by atoms with Crippen LogP contribution in [-0.2, 0) is 12.8 Å². The van der Waals surface area contributed by atoms with Crippen molar-refractivity contribution < 1.29 is 4.79 Å². The Morgan fingerprint density at radius 2 is 1.64 bits per heavy atom. The number of hydrogen-bond donors (Lipinski definition) is 1. The maximum atomic E-state index is 13.0. The van der Waals surface area contributed by atoms with Gasteiger partial charge in [0.05, 0.1) is 5.69 Å². The molecule has 0 spiro atoms. The molecule has 1 N–H and O–H groups in total. The molecule has 150 valence electrons. The molecule has 0 atom stereocenters. The SMILES string of the molecule is O=C(NC12CC3CC(CC(C3)C1)C2)N1CCN(c2cc3c(nn2)CCC3)CC1. The fraction of sp³-hybridized carbons (Fsp3) is 0.773. The zero-order valence-electron chi connectivity index (χ0n) is 16.7. The van der Waals surface area contributed by atoms with E-state index >= 15 is 0 Å². The molecule has 5 fully saturated rings. The van der Waals surface area contributed by atoms with E-state index in [1.165, 1.54) is 56.2 Å². The average Bonchev–Trinajstić information content (AvgIpc) is 3.14. The van der Waals surface area contributed by atoms with E-state index < -0.39 is 0 Å². The largest absolute Gasteiger partial charge is 0.352 e. The van der Waals surface area contributed by atoms with E-state index in [-0.39, 0.29) is 11.6 Å². The average molecular weight is 382 g/mol. The van der Waals surface area contributed by atoms with Gasteiger partial charge in [-0.1, -0.05) is 0 Å². The molecule has 6 aliphatic rings. The normalized spacial score (nSPS) is 35.9. The number of carbonyl (C=O) groups is 1. The lowest BCUT2D eigenvalue weighted by Crippen LogP contribution is -2.63. The van der Waals surface area contributed by atoms with E-state index in [9.17, 15) is 4.79 Å². The first kappa shape index (κ1) is 17.0. The molecule has 4 saturated carbocycles. The third-order valence-corrected chi connectivity index (χ3v) is 8.11.